The van der Waals surface area contributed by atoms with Gasteiger partial charge in [-0.05, 0) is 61.6 Å². The van der Waals surface area contributed by atoms with Gasteiger partial charge in [-0.15, -0.1) is 0 Å². The molecule has 0 fully saturated rings. The van der Waals surface area contributed by atoms with E-state index >= 15 is 0 Å². The Labute approximate surface area is 148 Å². The Morgan fingerprint density at radius 3 is 2.56 bits per heavy atom. The molecular formula is C18H16N2O4S. The van der Waals surface area contributed by atoms with Gasteiger partial charge in [0.05, 0.1) is 35.9 Å². The molecule has 1 heterocycles. The van der Waals surface area contributed by atoms with E-state index in [2.05, 4.69) is 4.98 Å². The molecule has 25 heavy (non-hydrogen) atoms. The number of hydrogen-bond donors (Lipinski definition) is 1. The summed E-state index contributed by atoms with van der Waals surface area (Å²) < 4.78 is 11.8. The van der Waals surface area contributed by atoms with E-state index in [1.165, 1.54) is 11.7 Å². The summed E-state index contributed by atoms with van der Waals surface area (Å²) in [6, 6.07) is 11.8. The normalized spacial score (nSPS) is 10.6. The van der Waals surface area contributed by atoms with Crippen LogP contribution in [0, 0.1) is 4.77 Å². The fourth-order valence-corrected chi connectivity index (χ4v) is 2.85. The zero-order valence-electron chi connectivity index (χ0n) is 13.7. The van der Waals surface area contributed by atoms with Crippen LogP contribution in [0.4, 0.5) is 0 Å². The molecule has 1 aromatic heterocycles. The van der Waals surface area contributed by atoms with Crippen molar-refractivity contribution >= 4 is 29.1 Å². The number of aromatic amines is 1. The molecule has 3 rings (SSSR count). The molecule has 0 atom stereocenters. The molecule has 1 N–H and O–H groups in total. The summed E-state index contributed by atoms with van der Waals surface area (Å²) in [6.45, 7) is 2.47. The van der Waals surface area contributed by atoms with Crippen LogP contribution in [0.25, 0.3) is 16.6 Å². The first-order chi connectivity index (χ1) is 12.0. The number of H-pyrrole nitrogens is 1. The molecule has 2 aromatic carbocycles. The van der Waals surface area contributed by atoms with Crippen LogP contribution < -0.4 is 10.3 Å². The lowest BCUT2D eigenvalue weighted by atomic mass is 10.1. The van der Waals surface area contributed by atoms with E-state index in [9.17, 15) is 9.59 Å². The van der Waals surface area contributed by atoms with Gasteiger partial charge in [-0.2, -0.15) is 0 Å². The number of esters is 1. The predicted octanol–water partition coefficient (Wildman–Crippen LogP) is 3.23. The van der Waals surface area contributed by atoms with Gasteiger partial charge in [-0.1, -0.05) is 0 Å². The van der Waals surface area contributed by atoms with Gasteiger partial charge in [0.1, 0.15) is 5.75 Å². The Hall–Kier alpha value is -2.93. The summed E-state index contributed by atoms with van der Waals surface area (Å²) in [4.78, 5) is 27.5. The zero-order chi connectivity index (χ0) is 18.0. The van der Waals surface area contributed by atoms with Crippen molar-refractivity contribution in [3.63, 3.8) is 0 Å². The SMILES string of the molecule is CCOc1ccc(-n2c(=S)[nH]c3cc(C(=O)OC)ccc3c2=O)cc1. The van der Waals surface area contributed by atoms with Crippen molar-refractivity contribution in [1.82, 2.24) is 9.55 Å². The standard InChI is InChI=1S/C18H16N2O4S/c1-3-24-13-7-5-12(6-8-13)20-16(21)14-9-4-11(17(22)23-2)10-15(14)19-18(20)25/h4-10H,3H2,1-2H3,(H,19,25). The number of hydrogen-bond acceptors (Lipinski definition) is 5. The van der Waals surface area contributed by atoms with Gasteiger partial charge in [-0.25, -0.2) is 4.79 Å². The Bertz CT molecular complexity index is 1050. The first kappa shape index (κ1) is 16.9. The first-order valence-corrected chi connectivity index (χ1v) is 8.06. The third-order valence-corrected chi connectivity index (χ3v) is 4.01. The molecular weight excluding hydrogens is 340 g/mol. The van der Waals surface area contributed by atoms with Crippen LogP contribution in [0.15, 0.2) is 47.3 Å². The van der Waals surface area contributed by atoms with Crippen molar-refractivity contribution in [3.8, 4) is 11.4 Å². The molecule has 0 radical (unpaired) electrons. The molecule has 0 aliphatic heterocycles. The maximum Gasteiger partial charge on any atom is 0.337 e. The van der Waals surface area contributed by atoms with Crippen LogP contribution in [-0.4, -0.2) is 29.2 Å². The van der Waals surface area contributed by atoms with E-state index in [-0.39, 0.29) is 10.3 Å². The fourth-order valence-electron chi connectivity index (χ4n) is 2.56. The van der Waals surface area contributed by atoms with E-state index in [0.29, 0.717) is 28.8 Å². The largest absolute Gasteiger partial charge is 0.494 e. The minimum atomic E-state index is -0.475. The Kier molecular flexibility index (Phi) is 4.67. The van der Waals surface area contributed by atoms with E-state index in [1.54, 1.807) is 42.5 Å². The Morgan fingerprint density at radius 1 is 1.20 bits per heavy atom. The summed E-state index contributed by atoms with van der Waals surface area (Å²) >= 11 is 5.33. The second-order valence-corrected chi connectivity index (χ2v) is 5.64. The highest BCUT2D eigenvalue weighted by Crippen LogP contribution is 2.17. The summed E-state index contributed by atoms with van der Waals surface area (Å²) in [5.41, 5.74) is 1.20. The highest BCUT2D eigenvalue weighted by Gasteiger charge is 2.11. The summed E-state index contributed by atoms with van der Waals surface area (Å²) in [7, 11) is 1.30. The van der Waals surface area contributed by atoms with Crippen LogP contribution in [0.5, 0.6) is 5.75 Å². The van der Waals surface area contributed by atoms with Gasteiger partial charge in [0.15, 0.2) is 4.77 Å². The van der Waals surface area contributed by atoms with Gasteiger partial charge >= 0.3 is 5.97 Å². The number of fused-ring (bicyclic) bond motifs is 1. The number of nitrogens with zero attached hydrogens (tertiary/aromatic N) is 1. The van der Waals surface area contributed by atoms with Gasteiger partial charge in [0, 0.05) is 0 Å². The summed E-state index contributed by atoms with van der Waals surface area (Å²) in [5.74, 6) is 0.245. The molecule has 0 unspecified atom stereocenters. The van der Waals surface area contributed by atoms with Gasteiger partial charge < -0.3 is 14.5 Å². The van der Waals surface area contributed by atoms with E-state index in [4.69, 9.17) is 21.7 Å². The maximum absolute atomic E-state index is 12.8. The second-order valence-electron chi connectivity index (χ2n) is 5.25. The lowest BCUT2D eigenvalue weighted by Crippen LogP contribution is -2.20. The minimum absolute atomic E-state index is 0.240. The topological polar surface area (TPSA) is 73.3 Å². The third-order valence-electron chi connectivity index (χ3n) is 3.72. The first-order valence-electron chi connectivity index (χ1n) is 7.65. The molecule has 0 amide bonds. The monoisotopic (exact) mass is 356 g/mol. The van der Waals surface area contributed by atoms with Crippen molar-refractivity contribution in [1.29, 1.82) is 0 Å². The van der Waals surface area contributed by atoms with E-state index in [0.717, 1.165) is 5.75 Å². The smallest absolute Gasteiger partial charge is 0.337 e. The average molecular weight is 356 g/mol. The van der Waals surface area contributed by atoms with Gasteiger partial charge in [0.25, 0.3) is 5.56 Å². The lowest BCUT2D eigenvalue weighted by Gasteiger charge is -2.10. The van der Waals surface area contributed by atoms with E-state index in [1.807, 2.05) is 6.92 Å². The highest BCUT2D eigenvalue weighted by atomic mass is 32.1. The molecule has 0 saturated heterocycles. The molecule has 0 spiro atoms. The van der Waals surface area contributed by atoms with Crippen LogP contribution in [-0.2, 0) is 4.74 Å². The molecule has 0 bridgehead atoms. The number of aromatic nitrogens is 2. The van der Waals surface area contributed by atoms with Crippen molar-refractivity contribution < 1.29 is 14.3 Å². The Balaban J connectivity index is 2.15. The maximum atomic E-state index is 12.8. The van der Waals surface area contributed by atoms with Crippen molar-refractivity contribution in [2.45, 2.75) is 6.92 Å². The van der Waals surface area contributed by atoms with Gasteiger partial charge in [0.2, 0.25) is 0 Å². The molecule has 0 saturated carbocycles. The number of nitrogens with one attached hydrogen (secondary N) is 1. The van der Waals surface area contributed by atoms with Crippen molar-refractivity contribution in [2.75, 3.05) is 13.7 Å². The quantitative estimate of drug-likeness (QED) is 0.574. The zero-order valence-corrected chi connectivity index (χ0v) is 14.6. The number of ether oxygens (including phenoxy) is 2. The number of benzene rings is 2. The molecule has 128 valence electrons. The molecule has 0 aliphatic carbocycles. The van der Waals surface area contributed by atoms with Crippen molar-refractivity contribution in [2.24, 2.45) is 0 Å². The highest BCUT2D eigenvalue weighted by molar-refractivity contribution is 7.71. The number of methoxy groups -OCH3 is 1. The number of carbonyl (C=O) groups is 1. The molecule has 3 aromatic rings. The number of carbonyl (C=O) groups excluding carboxylic acids is 1. The van der Waals surface area contributed by atoms with Crippen LogP contribution in [0.2, 0.25) is 0 Å². The van der Waals surface area contributed by atoms with Crippen molar-refractivity contribution in [3.05, 3.63) is 63.2 Å². The lowest BCUT2D eigenvalue weighted by molar-refractivity contribution is 0.0601. The van der Waals surface area contributed by atoms with Crippen LogP contribution >= 0.6 is 12.2 Å². The fraction of sp³-hybridized carbons (Fsp3) is 0.167. The number of rotatable bonds is 4. The molecule has 7 heteroatoms. The van der Waals surface area contributed by atoms with Gasteiger partial charge in [-0.3, -0.25) is 9.36 Å². The summed E-state index contributed by atoms with van der Waals surface area (Å²) in [6.07, 6.45) is 0. The van der Waals surface area contributed by atoms with E-state index < -0.39 is 5.97 Å². The molecule has 0 aliphatic rings. The third kappa shape index (κ3) is 3.18. The predicted molar refractivity (Wildman–Crippen MR) is 97.2 cm³/mol. The van der Waals surface area contributed by atoms with Crippen LogP contribution in [0.1, 0.15) is 17.3 Å². The average Bonchev–Trinajstić information content (AvgIpc) is 2.62. The minimum Gasteiger partial charge on any atom is -0.494 e. The Morgan fingerprint density at radius 2 is 1.92 bits per heavy atom. The second kappa shape index (κ2) is 6.90. The van der Waals surface area contributed by atoms with Crippen LogP contribution in [0.3, 0.4) is 0 Å². The summed E-state index contributed by atoms with van der Waals surface area (Å²) in [5, 5.41) is 0.426. The molecule has 6 nitrogen and oxygen atoms in total.